The molecule has 0 bridgehead atoms. The summed E-state index contributed by atoms with van der Waals surface area (Å²) in [5.41, 5.74) is 4.49. The normalized spacial score (nSPS) is 17.1. The van der Waals surface area contributed by atoms with Crippen molar-refractivity contribution in [2.75, 3.05) is 7.05 Å². The molecular weight excluding hydrogens is 468 g/mol. The smallest absolute Gasteiger partial charge is 0.339 e. The van der Waals surface area contributed by atoms with Gasteiger partial charge in [-0.05, 0) is 49.8 Å². The molecule has 37 heavy (non-hydrogen) atoms. The zero-order chi connectivity index (χ0) is 25.9. The van der Waals surface area contributed by atoms with Crippen molar-refractivity contribution in [3.05, 3.63) is 95.1 Å². The summed E-state index contributed by atoms with van der Waals surface area (Å²) < 4.78 is 7.42. The van der Waals surface area contributed by atoms with Crippen molar-refractivity contribution in [2.24, 2.45) is 5.92 Å². The van der Waals surface area contributed by atoms with Gasteiger partial charge in [0.25, 0.3) is 0 Å². The Hall–Kier alpha value is -4.20. The van der Waals surface area contributed by atoms with Crippen molar-refractivity contribution in [1.82, 2.24) is 19.9 Å². The van der Waals surface area contributed by atoms with Crippen LogP contribution < -0.4 is 0 Å². The molecule has 1 aliphatic rings. The van der Waals surface area contributed by atoms with Crippen LogP contribution in [0.25, 0.3) is 11.3 Å². The maximum Gasteiger partial charge on any atom is 0.339 e. The van der Waals surface area contributed by atoms with Gasteiger partial charge in [0.1, 0.15) is 22.8 Å². The largest absolute Gasteiger partial charge is 0.478 e. The molecule has 1 saturated carbocycles. The number of hydrogen-bond acceptors (Lipinski definition) is 5. The van der Waals surface area contributed by atoms with Crippen molar-refractivity contribution in [2.45, 2.75) is 45.2 Å². The number of nitrogens with zero attached hydrogens (tertiary/aromatic N) is 4. The first-order valence-corrected chi connectivity index (χ1v) is 12.5. The third kappa shape index (κ3) is 5.48. The van der Waals surface area contributed by atoms with E-state index in [0.717, 1.165) is 30.5 Å². The minimum atomic E-state index is -1.03. The Kier molecular flexibility index (Phi) is 6.90. The highest BCUT2D eigenvalue weighted by atomic mass is 16.4. The Morgan fingerprint density at radius 2 is 1.81 bits per heavy atom. The minimum absolute atomic E-state index is 0.0303. The number of aromatic carboxylic acids is 1. The molecule has 0 saturated heterocycles. The van der Waals surface area contributed by atoms with Crippen LogP contribution in [0, 0.1) is 12.8 Å². The van der Waals surface area contributed by atoms with Gasteiger partial charge in [0.2, 0.25) is 5.91 Å². The van der Waals surface area contributed by atoms with Crippen LogP contribution >= 0.6 is 0 Å². The van der Waals surface area contributed by atoms with E-state index in [2.05, 4.69) is 58.8 Å². The third-order valence-electron chi connectivity index (χ3n) is 7.11. The number of carbonyl (C=O) groups is 2. The molecule has 2 atom stereocenters. The lowest BCUT2D eigenvalue weighted by molar-refractivity contribution is -0.134. The highest BCUT2D eigenvalue weighted by molar-refractivity contribution is 5.88. The molecule has 2 aromatic carbocycles. The Labute approximate surface area is 215 Å². The number of carbonyl (C=O) groups excluding carboxylic acids is 1. The monoisotopic (exact) mass is 498 g/mol. The molecule has 0 spiro atoms. The van der Waals surface area contributed by atoms with E-state index in [4.69, 9.17) is 4.42 Å². The molecule has 2 unspecified atom stereocenters. The van der Waals surface area contributed by atoms with Gasteiger partial charge >= 0.3 is 5.97 Å². The first-order chi connectivity index (χ1) is 17.9. The Balaban J connectivity index is 1.18. The van der Waals surface area contributed by atoms with Crippen molar-refractivity contribution in [1.29, 1.82) is 0 Å². The van der Waals surface area contributed by atoms with Crippen LogP contribution in [0.1, 0.15) is 58.3 Å². The molecule has 1 N–H and O–H groups in total. The lowest BCUT2D eigenvalue weighted by Gasteiger charge is -2.20. The summed E-state index contributed by atoms with van der Waals surface area (Å²) >= 11 is 0. The van der Waals surface area contributed by atoms with Gasteiger partial charge in [-0.3, -0.25) is 4.79 Å². The predicted molar refractivity (Wildman–Crippen MR) is 138 cm³/mol. The molecule has 8 nitrogen and oxygen atoms in total. The summed E-state index contributed by atoms with van der Waals surface area (Å²) in [5.74, 6) is -0.304. The second-order valence-corrected chi connectivity index (χ2v) is 9.79. The molecule has 0 aliphatic heterocycles. The number of amides is 1. The number of carboxylic acid groups (broad SMARTS) is 1. The molecule has 5 rings (SSSR count). The minimum Gasteiger partial charge on any atom is -0.478 e. The van der Waals surface area contributed by atoms with Gasteiger partial charge in [-0.25, -0.2) is 9.48 Å². The van der Waals surface area contributed by atoms with Gasteiger partial charge in [0, 0.05) is 18.5 Å². The first-order valence-electron chi connectivity index (χ1n) is 12.5. The number of carboxylic acids is 1. The lowest BCUT2D eigenvalue weighted by Crippen LogP contribution is -2.31. The van der Waals surface area contributed by atoms with E-state index in [1.807, 2.05) is 16.9 Å². The fraction of sp³-hybridized carbons (Fsp3) is 0.310. The number of hydrogen-bond donors (Lipinski definition) is 1. The van der Waals surface area contributed by atoms with Crippen LogP contribution in [0.2, 0.25) is 0 Å². The van der Waals surface area contributed by atoms with Gasteiger partial charge in [-0.15, -0.1) is 5.10 Å². The summed E-state index contributed by atoms with van der Waals surface area (Å²) in [6, 6.07) is 20.4. The summed E-state index contributed by atoms with van der Waals surface area (Å²) in [5, 5.41) is 18.0. The molecule has 1 aliphatic carbocycles. The van der Waals surface area contributed by atoms with Crippen LogP contribution in [0.5, 0.6) is 0 Å². The second-order valence-electron chi connectivity index (χ2n) is 9.79. The van der Waals surface area contributed by atoms with Gasteiger partial charge in [-0.1, -0.05) is 59.8 Å². The van der Waals surface area contributed by atoms with Crippen molar-refractivity contribution in [3.8, 4) is 11.3 Å². The van der Waals surface area contributed by atoms with Crippen LogP contribution in [0.3, 0.4) is 0 Å². The van der Waals surface area contributed by atoms with Gasteiger partial charge in [0.15, 0.2) is 0 Å². The zero-order valence-electron chi connectivity index (χ0n) is 21.0. The van der Waals surface area contributed by atoms with Crippen molar-refractivity contribution >= 4 is 11.9 Å². The number of benzene rings is 2. The fourth-order valence-corrected chi connectivity index (χ4v) is 5.09. The summed E-state index contributed by atoms with van der Waals surface area (Å²) in [7, 11) is 1.73. The summed E-state index contributed by atoms with van der Waals surface area (Å²) in [6.07, 6.45) is 5.17. The van der Waals surface area contributed by atoms with E-state index in [1.54, 1.807) is 18.9 Å². The van der Waals surface area contributed by atoms with Crippen LogP contribution in [0.4, 0.5) is 0 Å². The van der Waals surface area contributed by atoms with E-state index in [9.17, 15) is 14.7 Å². The van der Waals surface area contributed by atoms with E-state index in [-0.39, 0.29) is 30.0 Å². The molecule has 4 aromatic rings. The van der Waals surface area contributed by atoms with Gasteiger partial charge < -0.3 is 14.4 Å². The van der Waals surface area contributed by atoms with Crippen molar-refractivity contribution in [3.63, 3.8) is 0 Å². The highest BCUT2D eigenvalue weighted by Crippen LogP contribution is 2.36. The molecule has 190 valence electrons. The van der Waals surface area contributed by atoms with Gasteiger partial charge in [-0.2, -0.15) is 0 Å². The number of furan rings is 1. The average molecular weight is 499 g/mol. The van der Waals surface area contributed by atoms with E-state index >= 15 is 0 Å². The van der Waals surface area contributed by atoms with Crippen LogP contribution in [-0.2, 0) is 17.8 Å². The maximum absolute atomic E-state index is 13.1. The lowest BCUT2D eigenvalue weighted by atomic mass is 10.0. The van der Waals surface area contributed by atoms with E-state index in [0.29, 0.717) is 17.9 Å². The van der Waals surface area contributed by atoms with E-state index < -0.39 is 5.97 Å². The Morgan fingerprint density at radius 1 is 1.08 bits per heavy atom. The molecule has 2 heterocycles. The van der Waals surface area contributed by atoms with Crippen molar-refractivity contribution < 1.29 is 19.1 Å². The number of rotatable bonds is 8. The Bertz CT molecular complexity index is 1390. The number of aromatic nitrogens is 3. The molecule has 0 radical (unpaired) electrons. The van der Waals surface area contributed by atoms with Crippen LogP contribution in [-0.4, -0.2) is 43.9 Å². The molecule has 2 aromatic heterocycles. The quantitative estimate of drug-likeness (QED) is 0.361. The zero-order valence-corrected chi connectivity index (χ0v) is 21.0. The topological polar surface area (TPSA) is 101 Å². The van der Waals surface area contributed by atoms with Crippen LogP contribution in [0.15, 0.2) is 71.3 Å². The average Bonchev–Trinajstić information content (AvgIpc) is 3.64. The second kappa shape index (κ2) is 10.4. The first kappa shape index (κ1) is 24.5. The maximum atomic E-state index is 13.1. The molecule has 1 fully saturated rings. The molecule has 1 amide bonds. The molecule has 8 heteroatoms. The standard InChI is InChI=1S/C29H30N4O4/c1-19-26(29(35)36)16-25(37-19)17-32(2)28(34)23-12-13-24(15-23)33-18-27(30-31-33)22-10-8-21(9-11-22)14-20-6-4-3-5-7-20/h3-11,16,18,23-24H,12-15,17H2,1-2H3,(H,35,36). The SMILES string of the molecule is Cc1oc(CN(C)C(=O)C2CCC(n3cc(-c4ccc(Cc5ccccc5)cc4)nn3)C2)cc1C(=O)O. The predicted octanol–water partition coefficient (Wildman–Crippen LogP) is 5.14. The Morgan fingerprint density at radius 3 is 2.51 bits per heavy atom. The summed E-state index contributed by atoms with van der Waals surface area (Å²) in [4.78, 5) is 25.9. The third-order valence-corrected chi connectivity index (χ3v) is 7.11. The fourth-order valence-electron chi connectivity index (χ4n) is 5.09. The van der Waals surface area contributed by atoms with E-state index in [1.165, 1.54) is 17.2 Å². The summed E-state index contributed by atoms with van der Waals surface area (Å²) in [6.45, 7) is 1.85. The molecular formula is C29H30N4O4. The highest BCUT2D eigenvalue weighted by Gasteiger charge is 2.33. The number of aryl methyl sites for hydroxylation is 1. The van der Waals surface area contributed by atoms with Gasteiger partial charge in [0.05, 0.1) is 18.8 Å².